The summed E-state index contributed by atoms with van der Waals surface area (Å²) < 4.78 is 6.28. The number of hydrogen-bond donors (Lipinski definition) is 3. The molecule has 1 aliphatic carbocycles. The summed E-state index contributed by atoms with van der Waals surface area (Å²) in [4.78, 5) is 40.4. The lowest BCUT2D eigenvalue weighted by Gasteiger charge is -2.14. The number of aliphatic hydroxyl groups is 1. The van der Waals surface area contributed by atoms with Crippen molar-refractivity contribution in [3.05, 3.63) is 41.7 Å². The molecule has 0 saturated heterocycles. The number of rotatable bonds is 9. The maximum atomic E-state index is 12.4. The summed E-state index contributed by atoms with van der Waals surface area (Å²) in [7, 11) is 1.31. The minimum Gasteiger partial charge on any atom is -0.465 e. The van der Waals surface area contributed by atoms with Crippen LogP contribution in [0.25, 0.3) is 0 Å². The molecular formula is C21H26N4O5S. The van der Waals surface area contributed by atoms with E-state index in [-0.39, 0.29) is 36.8 Å². The molecule has 166 valence electrons. The number of aromatic nitrogens is 2. The Bertz CT molecular complexity index is 922. The van der Waals surface area contributed by atoms with E-state index in [2.05, 4.69) is 20.4 Å². The van der Waals surface area contributed by atoms with Crippen molar-refractivity contribution in [2.24, 2.45) is 0 Å². The van der Waals surface area contributed by atoms with Crippen LogP contribution in [0.5, 0.6) is 0 Å². The Labute approximate surface area is 184 Å². The number of carbonyl (C=O) groups is 3. The van der Waals surface area contributed by atoms with E-state index in [4.69, 9.17) is 0 Å². The van der Waals surface area contributed by atoms with Gasteiger partial charge in [0.25, 0.3) is 0 Å². The molecular weight excluding hydrogens is 420 g/mol. The van der Waals surface area contributed by atoms with Crippen LogP contribution in [0.3, 0.4) is 0 Å². The predicted molar refractivity (Wildman–Crippen MR) is 116 cm³/mol. The smallest absolute Gasteiger partial charge is 0.337 e. The molecule has 3 N–H and O–H groups in total. The van der Waals surface area contributed by atoms with E-state index in [1.54, 1.807) is 28.8 Å². The number of aliphatic hydroxyl groups excluding tert-OH is 1. The lowest BCUT2D eigenvalue weighted by atomic mass is 10.2. The van der Waals surface area contributed by atoms with Crippen molar-refractivity contribution in [3.63, 3.8) is 0 Å². The van der Waals surface area contributed by atoms with Crippen LogP contribution in [0.15, 0.2) is 35.6 Å². The van der Waals surface area contributed by atoms with Crippen molar-refractivity contribution in [1.29, 1.82) is 0 Å². The number of thioether (sulfide) groups is 1. The topological polar surface area (TPSA) is 123 Å². The second-order valence-corrected chi connectivity index (χ2v) is 8.17. The fraction of sp³-hybridized carbons (Fsp3) is 0.429. The van der Waals surface area contributed by atoms with E-state index in [0.717, 1.165) is 25.7 Å². The van der Waals surface area contributed by atoms with Gasteiger partial charge in [-0.2, -0.15) is 0 Å². The number of anilines is 1. The number of imidazole rings is 1. The highest BCUT2D eigenvalue weighted by molar-refractivity contribution is 7.99. The zero-order valence-corrected chi connectivity index (χ0v) is 18.1. The lowest BCUT2D eigenvalue weighted by Crippen LogP contribution is -2.35. The predicted octanol–water partition coefficient (Wildman–Crippen LogP) is 1.95. The minimum absolute atomic E-state index is 0.0470. The zero-order valence-electron chi connectivity index (χ0n) is 17.3. The van der Waals surface area contributed by atoms with Crippen molar-refractivity contribution < 1.29 is 24.2 Å². The van der Waals surface area contributed by atoms with Crippen molar-refractivity contribution >= 4 is 35.2 Å². The van der Waals surface area contributed by atoms with Crippen molar-refractivity contribution in [3.8, 4) is 0 Å². The summed E-state index contributed by atoms with van der Waals surface area (Å²) in [5.74, 6) is -0.759. The van der Waals surface area contributed by atoms with E-state index >= 15 is 0 Å². The van der Waals surface area contributed by atoms with Crippen LogP contribution in [0.4, 0.5) is 5.69 Å². The normalized spacial score (nSPS) is 13.7. The van der Waals surface area contributed by atoms with Crippen LogP contribution in [-0.2, 0) is 27.5 Å². The standard InChI is InChI=1S/C21H26N4O5S/c1-30-20(29)14-6-8-16(9-7-14)24-19(28)13-31-21-22-10-17(12-26)25(21)11-18(27)23-15-4-2-3-5-15/h6-10,15,26H,2-5,11-13H2,1H3,(H,23,27)(H,24,28). The quantitative estimate of drug-likeness (QED) is 0.397. The third kappa shape index (κ3) is 6.31. The Morgan fingerprint density at radius 2 is 1.90 bits per heavy atom. The molecule has 31 heavy (non-hydrogen) atoms. The van der Waals surface area contributed by atoms with Crippen molar-refractivity contribution in [1.82, 2.24) is 14.9 Å². The molecule has 1 aromatic carbocycles. The summed E-state index contributed by atoms with van der Waals surface area (Å²) >= 11 is 1.18. The molecule has 0 atom stereocenters. The maximum absolute atomic E-state index is 12.4. The van der Waals surface area contributed by atoms with Crippen LogP contribution < -0.4 is 10.6 Å². The summed E-state index contributed by atoms with van der Waals surface area (Å²) in [6.07, 6.45) is 5.74. The number of nitrogens with zero attached hydrogens (tertiary/aromatic N) is 2. The Morgan fingerprint density at radius 3 is 2.55 bits per heavy atom. The van der Waals surface area contributed by atoms with E-state index in [9.17, 15) is 19.5 Å². The largest absolute Gasteiger partial charge is 0.465 e. The van der Waals surface area contributed by atoms with Crippen LogP contribution in [0.1, 0.15) is 41.7 Å². The van der Waals surface area contributed by atoms with Crippen LogP contribution in [0.2, 0.25) is 0 Å². The second kappa shape index (κ2) is 11.0. The first-order chi connectivity index (χ1) is 15.0. The highest BCUT2D eigenvalue weighted by Gasteiger charge is 2.19. The highest BCUT2D eigenvalue weighted by Crippen LogP contribution is 2.21. The summed E-state index contributed by atoms with van der Waals surface area (Å²) in [6, 6.07) is 6.58. The summed E-state index contributed by atoms with van der Waals surface area (Å²) in [5, 5.41) is 15.8. The Hall–Kier alpha value is -2.85. The molecule has 1 aromatic heterocycles. The van der Waals surface area contributed by atoms with Gasteiger partial charge >= 0.3 is 5.97 Å². The molecule has 2 amide bonds. The first-order valence-corrected chi connectivity index (χ1v) is 11.0. The first-order valence-electron chi connectivity index (χ1n) is 10.1. The van der Waals surface area contributed by atoms with E-state index < -0.39 is 5.97 Å². The highest BCUT2D eigenvalue weighted by atomic mass is 32.2. The second-order valence-electron chi connectivity index (χ2n) is 7.23. The third-order valence-electron chi connectivity index (χ3n) is 5.01. The van der Waals surface area contributed by atoms with Crippen molar-refractivity contribution in [2.75, 3.05) is 18.2 Å². The van der Waals surface area contributed by atoms with Gasteiger partial charge in [0.1, 0.15) is 6.54 Å². The van der Waals surface area contributed by atoms with Crippen LogP contribution in [-0.4, -0.2) is 51.3 Å². The number of methoxy groups -OCH3 is 1. The van der Waals surface area contributed by atoms with Gasteiger partial charge in [-0.15, -0.1) is 0 Å². The Morgan fingerprint density at radius 1 is 1.19 bits per heavy atom. The Balaban J connectivity index is 1.55. The van der Waals surface area contributed by atoms with Crippen LogP contribution >= 0.6 is 11.8 Å². The van der Waals surface area contributed by atoms with Gasteiger partial charge in [0.15, 0.2) is 5.16 Å². The number of carbonyl (C=O) groups excluding carboxylic acids is 3. The number of ether oxygens (including phenoxy) is 1. The molecule has 0 spiro atoms. The van der Waals surface area contributed by atoms with Crippen molar-refractivity contribution in [2.45, 2.75) is 50.0 Å². The average molecular weight is 447 g/mol. The fourth-order valence-electron chi connectivity index (χ4n) is 3.42. The van der Waals surface area contributed by atoms with E-state index in [0.29, 0.717) is 22.1 Å². The zero-order chi connectivity index (χ0) is 22.2. The van der Waals surface area contributed by atoms with Gasteiger partial charge in [0.05, 0.1) is 36.9 Å². The maximum Gasteiger partial charge on any atom is 0.337 e. The molecule has 1 fully saturated rings. The molecule has 0 unspecified atom stereocenters. The molecule has 1 saturated carbocycles. The van der Waals surface area contributed by atoms with E-state index in [1.807, 2.05) is 0 Å². The van der Waals surface area contributed by atoms with Gasteiger partial charge < -0.3 is 25.0 Å². The molecule has 9 nitrogen and oxygen atoms in total. The van der Waals surface area contributed by atoms with Gasteiger partial charge in [-0.25, -0.2) is 9.78 Å². The average Bonchev–Trinajstić information content (AvgIpc) is 3.42. The third-order valence-corrected chi connectivity index (χ3v) is 6.00. The Kier molecular flexibility index (Phi) is 8.07. The molecule has 10 heteroatoms. The molecule has 0 aliphatic heterocycles. The minimum atomic E-state index is -0.447. The number of nitrogens with one attached hydrogen (secondary N) is 2. The molecule has 1 aliphatic rings. The summed E-state index contributed by atoms with van der Waals surface area (Å²) in [5.41, 5.74) is 1.46. The number of benzene rings is 1. The molecule has 0 radical (unpaired) electrons. The summed E-state index contributed by atoms with van der Waals surface area (Å²) in [6.45, 7) is -0.200. The van der Waals surface area contributed by atoms with Crippen LogP contribution in [0, 0.1) is 0 Å². The fourth-order valence-corrected chi connectivity index (χ4v) is 4.22. The van der Waals surface area contributed by atoms with Gasteiger partial charge in [0, 0.05) is 11.7 Å². The van der Waals surface area contributed by atoms with Gasteiger partial charge in [0.2, 0.25) is 11.8 Å². The molecule has 1 heterocycles. The first kappa shape index (κ1) is 22.8. The van der Waals surface area contributed by atoms with Gasteiger partial charge in [-0.1, -0.05) is 24.6 Å². The monoisotopic (exact) mass is 446 g/mol. The van der Waals surface area contributed by atoms with Gasteiger partial charge in [-0.05, 0) is 37.1 Å². The lowest BCUT2D eigenvalue weighted by molar-refractivity contribution is -0.122. The molecule has 2 aromatic rings. The van der Waals surface area contributed by atoms with Gasteiger partial charge in [-0.3, -0.25) is 9.59 Å². The molecule has 3 rings (SSSR count). The SMILES string of the molecule is COC(=O)c1ccc(NC(=O)CSc2ncc(CO)n2CC(=O)NC2CCCC2)cc1. The molecule has 0 bridgehead atoms. The number of esters is 1. The number of hydrogen-bond acceptors (Lipinski definition) is 7. The van der Waals surface area contributed by atoms with E-state index in [1.165, 1.54) is 25.1 Å². The number of amides is 2.